The molecule has 0 N–H and O–H groups in total. The van der Waals surface area contributed by atoms with Gasteiger partial charge in [0.2, 0.25) is 0 Å². The average molecular weight is 206 g/mol. The van der Waals surface area contributed by atoms with Gasteiger partial charge in [-0.25, -0.2) is 9.97 Å². The lowest BCUT2D eigenvalue weighted by Gasteiger charge is -2.17. The second-order valence-corrected chi connectivity index (χ2v) is 3.62. The van der Waals surface area contributed by atoms with Gasteiger partial charge in [0.15, 0.2) is 0 Å². The maximum absolute atomic E-state index is 11.4. The summed E-state index contributed by atoms with van der Waals surface area (Å²) in [7, 11) is 0. The first-order chi connectivity index (χ1) is 7.31. The van der Waals surface area contributed by atoms with Crippen molar-refractivity contribution in [3.05, 3.63) is 23.3 Å². The molecule has 0 atom stereocenters. The van der Waals surface area contributed by atoms with Crippen LogP contribution in [0, 0.1) is 0 Å². The van der Waals surface area contributed by atoms with Gasteiger partial charge in [-0.15, -0.1) is 0 Å². The highest BCUT2D eigenvalue weighted by atomic mass is 16.5. The van der Waals surface area contributed by atoms with Gasteiger partial charge in [-0.3, -0.25) is 4.79 Å². The summed E-state index contributed by atoms with van der Waals surface area (Å²) in [6.45, 7) is 3.13. The van der Waals surface area contributed by atoms with Crippen molar-refractivity contribution in [3.8, 4) is 0 Å². The van der Waals surface area contributed by atoms with Crippen LogP contribution in [-0.2, 0) is 29.0 Å². The molecule has 0 spiro atoms. The van der Waals surface area contributed by atoms with Crippen LogP contribution in [0.2, 0.25) is 0 Å². The van der Waals surface area contributed by atoms with Gasteiger partial charge in [0.25, 0.3) is 0 Å². The second kappa shape index (κ2) is 4.49. The maximum atomic E-state index is 11.4. The van der Waals surface area contributed by atoms with E-state index in [-0.39, 0.29) is 5.78 Å². The molecule has 4 nitrogen and oxygen atoms in total. The summed E-state index contributed by atoms with van der Waals surface area (Å²) in [5, 5.41) is 0. The van der Waals surface area contributed by atoms with Crippen molar-refractivity contribution >= 4 is 5.78 Å². The lowest BCUT2D eigenvalue weighted by atomic mass is 10.0. The van der Waals surface area contributed by atoms with E-state index in [1.807, 2.05) is 6.92 Å². The molecule has 1 aromatic heterocycles. The number of rotatable bonds is 3. The zero-order valence-corrected chi connectivity index (χ0v) is 8.82. The molecule has 2 rings (SSSR count). The van der Waals surface area contributed by atoms with Crippen molar-refractivity contribution in [2.45, 2.75) is 32.8 Å². The quantitative estimate of drug-likeness (QED) is 0.742. The molecule has 2 heterocycles. The monoisotopic (exact) mass is 206 g/mol. The molecule has 4 heteroatoms. The number of Topliss-reactive ketones (excluding diaryl/α,β-unsaturated/α-hetero) is 1. The topological polar surface area (TPSA) is 52.1 Å². The number of aromatic nitrogens is 2. The van der Waals surface area contributed by atoms with Gasteiger partial charge < -0.3 is 4.74 Å². The molecule has 15 heavy (non-hydrogen) atoms. The van der Waals surface area contributed by atoms with E-state index in [4.69, 9.17) is 4.74 Å². The van der Waals surface area contributed by atoms with Gasteiger partial charge in [-0.2, -0.15) is 0 Å². The molecular formula is C11H14N2O2. The molecule has 0 bridgehead atoms. The Morgan fingerprint density at radius 2 is 2.40 bits per heavy atom. The van der Waals surface area contributed by atoms with E-state index < -0.39 is 0 Å². The number of nitrogens with zero attached hydrogens (tertiary/aromatic N) is 2. The minimum absolute atomic E-state index is 0.210. The van der Waals surface area contributed by atoms with Crippen LogP contribution < -0.4 is 0 Å². The molecule has 0 aromatic carbocycles. The van der Waals surface area contributed by atoms with E-state index in [1.54, 1.807) is 6.33 Å². The molecule has 1 aromatic rings. The highest BCUT2D eigenvalue weighted by Gasteiger charge is 2.16. The van der Waals surface area contributed by atoms with Crippen molar-refractivity contribution < 1.29 is 9.53 Å². The van der Waals surface area contributed by atoms with Crippen LogP contribution >= 0.6 is 0 Å². The Labute approximate surface area is 88.7 Å². The molecule has 0 aliphatic carbocycles. The number of hydrogen-bond acceptors (Lipinski definition) is 4. The lowest BCUT2D eigenvalue weighted by Crippen LogP contribution is -2.17. The molecule has 1 aliphatic heterocycles. The van der Waals surface area contributed by atoms with Gasteiger partial charge in [0.1, 0.15) is 12.1 Å². The summed E-state index contributed by atoms with van der Waals surface area (Å²) in [6, 6.07) is 0. The van der Waals surface area contributed by atoms with E-state index in [0.717, 1.165) is 23.4 Å². The largest absolute Gasteiger partial charge is 0.376 e. The number of carbonyl (C=O) groups excluding carboxylic acids is 1. The van der Waals surface area contributed by atoms with Crippen molar-refractivity contribution in [1.82, 2.24) is 9.97 Å². The predicted molar refractivity (Wildman–Crippen MR) is 54.4 cm³/mol. The summed E-state index contributed by atoms with van der Waals surface area (Å²) in [5.41, 5.74) is 2.90. The van der Waals surface area contributed by atoms with Crippen molar-refractivity contribution in [2.24, 2.45) is 0 Å². The fraction of sp³-hybridized carbons (Fsp3) is 0.545. The van der Waals surface area contributed by atoms with E-state index in [9.17, 15) is 4.79 Å². The summed E-state index contributed by atoms with van der Waals surface area (Å²) in [6.07, 6.45) is 3.33. The van der Waals surface area contributed by atoms with Crippen molar-refractivity contribution in [3.63, 3.8) is 0 Å². The zero-order chi connectivity index (χ0) is 10.7. The Morgan fingerprint density at radius 3 is 3.20 bits per heavy atom. The second-order valence-electron chi connectivity index (χ2n) is 3.62. The molecule has 0 saturated carbocycles. The summed E-state index contributed by atoms with van der Waals surface area (Å²) >= 11 is 0. The van der Waals surface area contributed by atoms with E-state index >= 15 is 0 Å². The normalized spacial score (nSPS) is 14.7. The minimum Gasteiger partial charge on any atom is -0.376 e. The molecule has 0 radical (unpaired) electrons. The van der Waals surface area contributed by atoms with E-state index in [0.29, 0.717) is 26.1 Å². The lowest BCUT2D eigenvalue weighted by molar-refractivity contribution is -0.118. The Hall–Kier alpha value is -1.29. The van der Waals surface area contributed by atoms with Crippen LogP contribution in [0.5, 0.6) is 0 Å². The number of ether oxygens (including phenoxy) is 1. The van der Waals surface area contributed by atoms with Gasteiger partial charge in [0.05, 0.1) is 24.6 Å². The Balaban J connectivity index is 2.27. The average Bonchev–Trinajstić information content (AvgIpc) is 2.29. The third-order valence-corrected chi connectivity index (χ3v) is 2.61. The van der Waals surface area contributed by atoms with Gasteiger partial charge in [0, 0.05) is 24.8 Å². The standard InChI is InChI=1S/C11H14N2O2/c1-2-8(14)5-11-9-6-15-4-3-10(9)12-7-13-11/h7H,2-6H2,1H3. The third kappa shape index (κ3) is 2.21. The van der Waals surface area contributed by atoms with Crippen LogP contribution in [0.15, 0.2) is 6.33 Å². The number of ketones is 1. The fourth-order valence-electron chi connectivity index (χ4n) is 1.68. The summed E-state index contributed by atoms with van der Waals surface area (Å²) < 4.78 is 5.36. The Bertz CT molecular complexity index is 377. The number of hydrogen-bond donors (Lipinski definition) is 0. The van der Waals surface area contributed by atoms with Gasteiger partial charge >= 0.3 is 0 Å². The minimum atomic E-state index is 0.210. The molecule has 0 unspecified atom stereocenters. The summed E-state index contributed by atoms with van der Waals surface area (Å²) in [4.78, 5) is 19.7. The van der Waals surface area contributed by atoms with Gasteiger partial charge in [-0.1, -0.05) is 6.92 Å². The highest BCUT2D eigenvalue weighted by Crippen LogP contribution is 2.17. The first kappa shape index (κ1) is 10.2. The smallest absolute Gasteiger partial charge is 0.138 e. The fourth-order valence-corrected chi connectivity index (χ4v) is 1.68. The van der Waals surface area contributed by atoms with E-state index in [2.05, 4.69) is 9.97 Å². The van der Waals surface area contributed by atoms with Crippen LogP contribution in [0.25, 0.3) is 0 Å². The van der Waals surface area contributed by atoms with Crippen LogP contribution in [0.4, 0.5) is 0 Å². The SMILES string of the molecule is CCC(=O)Cc1ncnc2c1COCC2. The van der Waals surface area contributed by atoms with E-state index in [1.165, 1.54) is 0 Å². The summed E-state index contributed by atoms with van der Waals surface area (Å²) in [5.74, 6) is 0.210. The van der Waals surface area contributed by atoms with Gasteiger partial charge in [-0.05, 0) is 0 Å². The first-order valence-corrected chi connectivity index (χ1v) is 5.22. The van der Waals surface area contributed by atoms with Crippen molar-refractivity contribution in [1.29, 1.82) is 0 Å². The number of fused-ring (bicyclic) bond motifs is 1. The number of carbonyl (C=O) groups is 1. The molecular weight excluding hydrogens is 192 g/mol. The third-order valence-electron chi connectivity index (χ3n) is 2.61. The molecule has 0 amide bonds. The zero-order valence-electron chi connectivity index (χ0n) is 8.82. The Morgan fingerprint density at radius 1 is 1.53 bits per heavy atom. The van der Waals surface area contributed by atoms with Crippen LogP contribution in [0.3, 0.4) is 0 Å². The molecule has 1 aliphatic rings. The molecule has 0 saturated heterocycles. The first-order valence-electron chi connectivity index (χ1n) is 5.22. The maximum Gasteiger partial charge on any atom is 0.138 e. The van der Waals surface area contributed by atoms with Crippen LogP contribution in [-0.4, -0.2) is 22.4 Å². The highest BCUT2D eigenvalue weighted by molar-refractivity contribution is 5.80. The van der Waals surface area contributed by atoms with Crippen LogP contribution in [0.1, 0.15) is 30.3 Å². The van der Waals surface area contributed by atoms with Crippen molar-refractivity contribution in [2.75, 3.05) is 6.61 Å². The predicted octanol–water partition coefficient (Wildman–Crippen LogP) is 1.07. The Kier molecular flexibility index (Phi) is 3.06. The molecule has 80 valence electrons. The molecule has 0 fully saturated rings.